The molecule has 0 atom stereocenters. The first-order valence-electron chi connectivity index (χ1n) is 13.4. The number of rotatable bonds is 11. The minimum Gasteiger partial charge on any atom is -0.493 e. The summed E-state index contributed by atoms with van der Waals surface area (Å²) in [6.45, 7) is 7.51. The average Bonchev–Trinajstić information content (AvgIpc) is 3.44. The van der Waals surface area contributed by atoms with Crippen LogP contribution in [0.5, 0.6) is 17.2 Å². The molecule has 2 aromatic carbocycles. The number of thiazole rings is 1. The van der Waals surface area contributed by atoms with Crippen molar-refractivity contribution >= 4 is 34.1 Å². The zero-order valence-electron chi connectivity index (χ0n) is 24.7. The van der Waals surface area contributed by atoms with Crippen LogP contribution in [0.3, 0.4) is 0 Å². The minimum absolute atomic E-state index is 0.208. The number of nitrogens with zero attached hydrogens (tertiary/aromatic N) is 1. The predicted molar refractivity (Wildman–Crippen MR) is 161 cm³/mol. The van der Waals surface area contributed by atoms with Crippen molar-refractivity contribution in [1.29, 1.82) is 0 Å². The van der Waals surface area contributed by atoms with E-state index < -0.39 is 17.9 Å². The smallest absolute Gasteiger partial charge is 0.336 e. The average molecular weight is 594 g/mol. The van der Waals surface area contributed by atoms with E-state index in [1.807, 2.05) is 41.8 Å². The van der Waals surface area contributed by atoms with Gasteiger partial charge in [0.05, 0.1) is 57.3 Å². The number of aromatic nitrogens is 1. The van der Waals surface area contributed by atoms with Gasteiger partial charge < -0.3 is 34.3 Å². The number of anilines is 2. The van der Waals surface area contributed by atoms with Crippen molar-refractivity contribution in [2.75, 3.05) is 39.9 Å². The Bertz CT molecular complexity index is 1480. The summed E-state index contributed by atoms with van der Waals surface area (Å²) in [6, 6.07) is 11.2. The van der Waals surface area contributed by atoms with Gasteiger partial charge in [0.2, 0.25) is 5.75 Å². The van der Waals surface area contributed by atoms with Crippen molar-refractivity contribution in [3.8, 4) is 28.5 Å². The Balaban J connectivity index is 1.70. The van der Waals surface area contributed by atoms with Crippen LogP contribution >= 0.6 is 11.3 Å². The summed E-state index contributed by atoms with van der Waals surface area (Å²) in [5.74, 6) is -0.0941. The van der Waals surface area contributed by atoms with Crippen molar-refractivity contribution in [2.45, 2.75) is 33.6 Å². The normalized spacial score (nSPS) is 13.4. The van der Waals surface area contributed by atoms with E-state index in [2.05, 4.69) is 10.6 Å². The Labute approximate surface area is 249 Å². The summed E-state index contributed by atoms with van der Waals surface area (Å²) in [7, 11) is 4.69. The fourth-order valence-corrected chi connectivity index (χ4v) is 5.64. The van der Waals surface area contributed by atoms with Gasteiger partial charge in [0.1, 0.15) is 0 Å². The maximum atomic E-state index is 13.1. The number of hydrogen-bond acceptors (Lipinski definition) is 11. The standard InChI is InChI=1S/C31H35N3O7S/c1-8-40-29(35)25-17(3)32-18(4)26(30(36)41-9-2)27(25)19-11-10-12-21(13-19)33-31-34-22(16-42-31)20-14-23(37-5)28(39-7)24(15-20)38-6/h10-16,27,32H,8-9H2,1-7H3,(H,33,34). The molecule has 0 saturated heterocycles. The highest BCUT2D eigenvalue weighted by molar-refractivity contribution is 7.14. The zero-order chi connectivity index (χ0) is 30.4. The van der Waals surface area contributed by atoms with E-state index in [-0.39, 0.29) is 13.2 Å². The first kappa shape index (κ1) is 30.4. The predicted octanol–water partition coefficient (Wildman–Crippen LogP) is 5.94. The van der Waals surface area contributed by atoms with E-state index in [1.54, 1.807) is 49.0 Å². The summed E-state index contributed by atoms with van der Waals surface area (Å²) in [5.41, 5.74) is 4.96. The third-order valence-electron chi connectivity index (χ3n) is 6.69. The maximum Gasteiger partial charge on any atom is 0.336 e. The van der Waals surface area contributed by atoms with Crippen molar-refractivity contribution in [1.82, 2.24) is 10.3 Å². The topological polar surface area (TPSA) is 117 Å². The quantitative estimate of drug-likeness (QED) is 0.259. The molecule has 0 spiro atoms. The van der Waals surface area contributed by atoms with Gasteiger partial charge in [-0.3, -0.25) is 0 Å². The van der Waals surface area contributed by atoms with E-state index in [4.69, 9.17) is 28.7 Å². The van der Waals surface area contributed by atoms with Gasteiger partial charge in [-0.15, -0.1) is 11.3 Å². The zero-order valence-corrected chi connectivity index (χ0v) is 25.6. The Morgan fingerprint density at radius 2 is 1.50 bits per heavy atom. The van der Waals surface area contributed by atoms with Crippen LogP contribution in [-0.4, -0.2) is 51.5 Å². The van der Waals surface area contributed by atoms with Gasteiger partial charge >= 0.3 is 11.9 Å². The summed E-state index contributed by atoms with van der Waals surface area (Å²) in [6.07, 6.45) is 0. The molecular formula is C31H35N3O7S. The molecule has 1 aliphatic rings. The highest BCUT2D eigenvalue weighted by Crippen LogP contribution is 2.43. The number of nitrogens with one attached hydrogen (secondary N) is 2. The molecule has 11 heteroatoms. The minimum atomic E-state index is -0.683. The van der Waals surface area contributed by atoms with E-state index in [9.17, 15) is 9.59 Å². The molecule has 3 aromatic rings. The fraction of sp³-hybridized carbons (Fsp3) is 0.323. The monoisotopic (exact) mass is 593 g/mol. The third-order valence-corrected chi connectivity index (χ3v) is 7.44. The highest BCUT2D eigenvalue weighted by atomic mass is 32.1. The Kier molecular flexibility index (Phi) is 9.74. The molecule has 0 unspecified atom stereocenters. The van der Waals surface area contributed by atoms with Gasteiger partial charge in [-0.05, 0) is 57.5 Å². The highest BCUT2D eigenvalue weighted by Gasteiger charge is 2.38. The van der Waals surface area contributed by atoms with Crippen LogP contribution in [0, 0.1) is 0 Å². The summed E-state index contributed by atoms with van der Waals surface area (Å²) >= 11 is 1.43. The van der Waals surface area contributed by atoms with Crippen molar-refractivity contribution in [2.24, 2.45) is 0 Å². The largest absolute Gasteiger partial charge is 0.493 e. The lowest BCUT2D eigenvalue weighted by Gasteiger charge is -2.30. The molecule has 42 heavy (non-hydrogen) atoms. The van der Waals surface area contributed by atoms with Gasteiger partial charge in [-0.2, -0.15) is 0 Å². The van der Waals surface area contributed by atoms with Crippen molar-refractivity contribution in [3.05, 3.63) is 69.9 Å². The summed E-state index contributed by atoms with van der Waals surface area (Å²) in [4.78, 5) is 31.0. The number of ether oxygens (including phenoxy) is 5. The number of benzene rings is 2. The van der Waals surface area contributed by atoms with Crippen LogP contribution in [0.1, 0.15) is 39.2 Å². The van der Waals surface area contributed by atoms with Crippen LogP contribution in [0.2, 0.25) is 0 Å². The molecule has 2 N–H and O–H groups in total. The number of esters is 2. The molecule has 0 bridgehead atoms. The first-order valence-corrected chi connectivity index (χ1v) is 14.3. The Morgan fingerprint density at radius 3 is 2.02 bits per heavy atom. The molecule has 0 radical (unpaired) electrons. The molecule has 10 nitrogen and oxygen atoms in total. The van der Waals surface area contributed by atoms with Gasteiger partial charge in [0.15, 0.2) is 16.6 Å². The van der Waals surface area contributed by atoms with Crippen LogP contribution in [0.4, 0.5) is 10.8 Å². The molecule has 1 aromatic heterocycles. The fourth-order valence-electron chi connectivity index (χ4n) is 4.90. The Morgan fingerprint density at radius 1 is 0.905 bits per heavy atom. The number of carbonyl (C=O) groups is 2. The van der Waals surface area contributed by atoms with Crippen LogP contribution < -0.4 is 24.8 Å². The van der Waals surface area contributed by atoms with Crippen LogP contribution in [0.25, 0.3) is 11.3 Å². The molecule has 0 saturated carbocycles. The lowest BCUT2D eigenvalue weighted by Crippen LogP contribution is -2.32. The number of hydrogen-bond donors (Lipinski definition) is 2. The Hall–Kier alpha value is -4.51. The molecule has 0 fully saturated rings. The number of allylic oxidation sites excluding steroid dienone is 2. The maximum absolute atomic E-state index is 13.1. The van der Waals surface area contributed by atoms with Gasteiger partial charge in [0, 0.05) is 28.0 Å². The van der Waals surface area contributed by atoms with Crippen molar-refractivity contribution in [3.63, 3.8) is 0 Å². The number of methoxy groups -OCH3 is 3. The second kappa shape index (κ2) is 13.4. The van der Waals surface area contributed by atoms with E-state index in [1.165, 1.54) is 11.3 Å². The number of carbonyl (C=O) groups excluding carboxylic acids is 2. The lowest BCUT2D eigenvalue weighted by molar-refractivity contribution is -0.139. The van der Waals surface area contributed by atoms with Crippen LogP contribution in [0.15, 0.2) is 64.3 Å². The second-order valence-corrected chi connectivity index (χ2v) is 10.1. The molecule has 1 aliphatic heterocycles. The SMILES string of the molecule is CCOC(=O)C1=C(C)NC(C)=C(C(=O)OCC)C1c1cccc(Nc2nc(-c3cc(OC)c(OC)c(OC)c3)cs2)c1. The molecule has 2 heterocycles. The lowest BCUT2D eigenvalue weighted by atomic mass is 9.80. The molecule has 222 valence electrons. The number of dihydropyridines is 1. The first-order chi connectivity index (χ1) is 20.3. The molecular weight excluding hydrogens is 558 g/mol. The van der Waals surface area contributed by atoms with Gasteiger partial charge in [-0.25, -0.2) is 14.6 Å². The third kappa shape index (κ3) is 6.20. The molecule has 4 rings (SSSR count). The van der Waals surface area contributed by atoms with Crippen molar-refractivity contribution < 1.29 is 33.3 Å². The second-order valence-electron chi connectivity index (χ2n) is 9.28. The molecule has 0 amide bonds. The van der Waals surface area contributed by atoms with Gasteiger partial charge in [-0.1, -0.05) is 12.1 Å². The van der Waals surface area contributed by atoms with E-state index in [0.29, 0.717) is 44.9 Å². The molecule has 0 aliphatic carbocycles. The summed E-state index contributed by atoms with van der Waals surface area (Å²) in [5, 5.41) is 9.09. The van der Waals surface area contributed by atoms with Gasteiger partial charge in [0.25, 0.3) is 0 Å². The van der Waals surface area contributed by atoms with E-state index >= 15 is 0 Å². The van der Waals surface area contributed by atoms with Crippen LogP contribution in [-0.2, 0) is 19.1 Å². The van der Waals surface area contributed by atoms with E-state index in [0.717, 1.165) is 22.5 Å². The summed E-state index contributed by atoms with van der Waals surface area (Å²) < 4.78 is 27.2.